The molecule has 0 heterocycles. The number of carbonyl (C=O) groups excluding carboxylic acids is 1. The average molecular weight is 539 g/mol. The molecule has 1 atom stereocenters. The van der Waals surface area contributed by atoms with Gasteiger partial charge in [0.25, 0.3) is 0 Å². The molecule has 1 unspecified atom stereocenters. The molecule has 0 bridgehead atoms. The molecule has 4 heteroatoms. The van der Waals surface area contributed by atoms with Crippen molar-refractivity contribution in [1.29, 1.82) is 0 Å². The number of ether oxygens (including phenoxy) is 1. The maximum atomic E-state index is 12.5. The largest absolute Gasteiger partial charge is 0.481 e. The molecule has 0 aliphatic carbocycles. The van der Waals surface area contributed by atoms with Gasteiger partial charge in [-0.2, -0.15) is 0 Å². The van der Waals surface area contributed by atoms with Gasteiger partial charge in [0, 0.05) is 12.8 Å². The molecule has 0 aromatic carbocycles. The maximum Gasteiger partial charge on any atom is 0.306 e. The molecule has 0 fully saturated rings. The van der Waals surface area contributed by atoms with E-state index >= 15 is 0 Å². The molecule has 0 aliphatic rings. The summed E-state index contributed by atoms with van der Waals surface area (Å²) < 4.78 is 5.97. The number of rotatable bonds is 31. The molecule has 0 radical (unpaired) electrons. The topological polar surface area (TPSA) is 63.6 Å². The highest BCUT2D eigenvalue weighted by molar-refractivity contribution is 5.69. The summed E-state index contributed by atoms with van der Waals surface area (Å²) in [5.41, 5.74) is 0. The van der Waals surface area contributed by atoms with Gasteiger partial charge in [-0.15, -0.1) is 0 Å². The molecule has 0 aromatic heterocycles. The first kappa shape index (κ1) is 36.9. The first-order valence-corrected chi connectivity index (χ1v) is 17.0. The maximum absolute atomic E-state index is 12.5. The van der Waals surface area contributed by atoms with E-state index in [1.54, 1.807) is 0 Å². The van der Waals surface area contributed by atoms with E-state index in [-0.39, 0.29) is 18.5 Å². The van der Waals surface area contributed by atoms with Gasteiger partial charge in [0.05, 0.1) is 0 Å². The Labute approximate surface area is 237 Å². The SMILES string of the molecule is CCCCCCCCCCCCCC(=O)OC(CCCCCCCCCC)CCCCCCCCC(=O)O. The highest BCUT2D eigenvalue weighted by Crippen LogP contribution is 2.19. The van der Waals surface area contributed by atoms with E-state index in [0.29, 0.717) is 6.42 Å². The summed E-state index contributed by atoms with van der Waals surface area (Å²) in [4.78, 5) is 23.2. The van der Waals surface area contributed by atoms with Crippen LogP contribution < -0.4 is 0 Å². The van der Waals surface area contributed by atoms with E-state index in [2.05, 4.69) is 13.8 Å². The highest BCUT2D eigenvalue weighted by Gasteiger charge is 2.14. The minimum Gasteiger partial charge on any atom is -0.481 e. The lowest BCUT2D eigenvalue weighted by molar-refractivity contribution is -0.150. The fourth-order valence-electron chi connectivity index (χ4n) is 5.30. The molecule has 0 rings (SSSR count). The summed E-state index contributed by atoms with van der Waals surface area (Å²) in [7, 11) is 0. The molecule has 0 aliphatic heterocycles. The van der Waals surface area contributed by atoms with Gasteiger partial charge in [-0.25, -0.2) is 0 Å². The summed E-state index contributed by atoms with van der Waals surface area (Å²) in [5, 5.41) is 8.74. The second-order valence-electron chi connectivity index (χ2n) is 11.7. The Kier molecular flexibility index (Phi) is 29.6. The van der Waals surface area contributed by atoms with E-state index in [1.807, 2.05) is 0 Å². The molecule has 0 saturated heterocycles. The van der Waals surface area contributed by atoms with E-state index in [1.165, 1.54) is 109 Å². The number of carboxylic acid groups (broad SMARTS) is 1. The Balaban J connectivity index is 4.02. The van der Waals surface area contributed by atoms with Crippen LogP contribution in [0.3, 0.4) is 0 Å². The van der Waals surface area contributed by atoms with E-state index in [4.69, 9.17) is 9.84 Å². The van der Waals surface area contributed by atoms with Crippen molar-refractivity contribution in [3.05, 3.63) is 0 Å². The van der Waals surface area contributed by atoms with Gasteiger partial charge in [-0.1, -0.05) is 149 Å². The van der Waals surface area contributed by atoms with Gasteiger partial charge >= 0.3 is 11.9 Å². The van der Waals surface area contributed by atoms with Crippen molar-refractivity contribution < 1.29 is 19.4 Å². The monoisotopic (exact) mass is 538 g/mol. The number of aliphatic carboxylic acids is 1. The van der Waals surface area contributed by atoms with Gasteiger partial charge in [0.1, 0.15) is 6.10 Å². The first-order chi connectivity index (χ1) is 18.6. The Hall–Kier alpha value is -1.06. The van der Waals surface area contributed by atoms with Crippen LogP contribution in [0, 0.1) is 0 Å². The third-order valence-corrected chi connectivity index (χ3v) is 7.83. The number of carbonyl (C=O) groups is 2. The molecule has 4 nitrogen and oxygen atoms in total. The summed E-state index contributed by atoms with van der Waals surface area (Å²) in [5.74, 6) is -0.678. The van der Waals surface area contributed by atoms with Gasteiger partial charge < -0.3 is 9.84 Å². The molecule has 0 aromatic rings. The van der Waals surface area contributed by atoms with Crippen molar-refractivity contribution in [2.75, 3.05) is 0 Å². The normalized spacial score (nSPS) is 12.1. The fraction of sp³-hybridized carbons (Fsp3) is 0.941. The number of carboxylic acids is 1. The number of hydrogen-bond acceptors (Lipinski definition) is 3. The molecular formula is C34H66O4. The highest BCUT2D eigenvalue weighted by atomic mass is 16.5. The van der Waals surface area contributed by atoms with Gasteiger partial charge in [0.15, 0.2) is 0 Å². The fourth-order valence-corrected chi connectivity index (χ4v) is 5.30. The van der Waals surface area contributed by atoms with Crippen LogP contribution in [0.4, 0.5) is 0 Å². The summed E-state index contributed by atoms with van der Waals surface area (Å²) >= 11 is 0. The van der Waals surface area contributed by atoms with Gasteiger partial charge in [0.2, 0.25) is 0 Å². The zero-order valence-corrected chi connectivity index (χ0v) is 25.8. The van der Waals surface area contributed by atoms with E-state index in [0.717, 1.165) is 64.2 Å². The lowest BCUT2D eigenvalue weighted by Crippen LogP contribution is -2.18. The minimum absolute atomic E-state index is 0.0131. The van der Waals surface area contributed by atoms with Crippen molar-refractivity contribution >= 4 is 11.9 Å². The predicted molar refractivity (Wildman–Crippen MR) is 163 cm³/mol. The number of esters is 1. The third-order valence-electron chi connectivity index (χ3n) is 7.83. The van der Waals surface area contributed by atoms with E-state index < -0.39 is 5.97 Å². The Morgan fingerprint density at radius 3 is 1.16 bits per heavy atom. The molecule has 1 N–H and O–H groups in total. The van der Waals surface area contributed by atoms with Crippen molar-refractivity contribution in [3.63, 3.8) is 0 Å². The standard InChI is InChI=1S/C34H66O4/c1-3-5-7-9-11-13-14-15-17-23-27-31-34(37)38-32(28-24-20-16-12-10-8-6-4-2)29-25-21-18-19-22-26-30-33(35)36/h32H,3-31H2,1-2H3,(H,35,36). The van der Waals surface area contributed by atoms with Crippen LogP contribution in [0.2, 0.25) is 0 Å². The second-order valence-corrected chi connectivity index (χ2v) is 11.7. The van der Waals surface area contributed by atoms with Gasteiger partial charge in [-0.05, 0) is 38.5 Å². The van der Waals surface area contributed by atoms with Crippen molar-refractivity contribution in [3.8, 4) is 0 Å². The van der Waals surface area contributed by atoms with Crippen LogP contribution in [0.25, 0.3) is 0 Å². The molecule has 0 amide bonds. The average Bonchev–Trinajstić information content (AvgIpc) is 2.89. The Bertz CT molecular complexity index is 505. The molecular weight excluding hydrogens is 472 g/mol. The van der Waals surface area contributed by atoms with Crippen LogP contribution in [-0.2, 0) is 14.3 Å². The summed E-state index contributed by atoms with van der Waals surface area (Å²) in [6.45, 7) is 4.53. The quantitative estimate of drug-likeness (QED) is 0.0704. The number of hydrogen-bond donors (Lipinski definition) is 1. The minimum atomic E-state index is -0.691. The van der Waals surface area contributed by atoms with Crippen LogP contribution in [0.15, 0.2) is 0 Å². The lowest BCUT2D eigenvalue weighted by Gasteiger charge is -2.18. The predicted octanol–water partition coefficient (Wildman–Crippen LogP) is 11.3. The van der Waals surface area contributed by atoms with Gasteiger partial charge in [-0.3, -0.25) is 9.59 Å². The molecule has 0 spiro atoms. The molecule has 38 heavy (non-hydrogen) atoms. The van der Waals surface area contributed by atoms with Crippen LogP contribution >= 0.6 is 0 Å². The molecule has 226 valence electrons. The van der Waals surface area contributed by atoms with E-state index in [9.17, 15) is 9.59 Å². The zero-order valence-electron chi connectivity index (χ0n) is 25.8. The smallest absolute Gasteiger partial charge is 0.306 e. The third kappa shape index (κ3) is 29.5. The summed E-state index contributed by atoms with van der Waals surface area (Å²) in [6, 6.07) is 0. The Morgan fingerprint density at radius 2 is 0.789 bits per heavy atom. The Morgan fingerprint density at radius 1 is 0.474 bits per heavy atom. The van der Waals surface area contributed by atoms with Crippen molar-refractivity contribution in [1.82, 2.24) is 0 Å². The summed E-state index contributed by atoms with van der Waals surface area (Å²) in [6.07, 6.45) is 33.9. The number of unbranched alkanes of at least 4 members (excludes halogenated alkanes) is 22. The lowest BCUT2D eigenvalue weighted by atomic mass is 10.0. The first-order valence-electron chi connectivity index (χ1n) is 17.0. The van der Waals surface area contributed by atoms with Crippen LogP contribution in [0.5, 0.6) is 0 Å². The van der Waals surface area contributed by atoms with Crippen LogP contribution in [0.1, 0.15) is 200 Å². The molecule has 0 saturated carbocycles. The second kappa shape index (κ2) is 30.5. The zero-order chi connectivity index (χ0) is 27.9. The van der Waals surface area contributed by atoms with Crippen molar-refractivity contribution in [2.24, 2.45) is 0 Å². The van der Waals surface area contributed by atoms with Crippen molar-refractivity contribution in [2.45, 2.75) is 206 Å². The van der Waals surface area contributed by atoms with Crippen LogP contribution in [-0.4, -0.2) is 23.1 Å².